The van der Waals surface area contributed by atoms with Crippen LogP contribution in [0.1, 0.15) is 0 Å². The zero-order valence-electron chi connectivity index (χ0n) is 9.94. The zero-order chi connectivity index (χ0) is 13.3. The number of halogens is 2. The summed E-state index contributed by atoms with van der Waals surface area (Å²) in [5, 5.41) is 0.678. The van der Waals surface area contributed by atoms with E-state index in [2.05, 4.69) is 20.8 Å². The highest BCUT2D eigenvalue weighted by atomic mass is 79.9. The lowest BCUT2D eigenvalue weighted by Crippen LogP contribution is -2.48. The van der Waals surface area contributed by atoms with Crippen LogP contribution >= 0.6 is 27.5 Å². The molecule has 0 N–H and O–H groups in total. The zero-order valence-corrected chi connectivity index (χ0v) is 13.1. The van der Waals surface area contributed by atoms with Gasteiger partial charge in [-0.1, -0.05) is 27.5 Å². The topological polar surface area (TPSA) is 40.6 Å². The van der Waals surface area contributed by atoms with Crippen LogP contribution in [0.3, 0.4) is 0 Å². The van der Waals surface area contributed by atoms with Crippen molar-refractivity contribution in [1.29, 1.82) is 0 Å². The average Bonchev–Trinajstić information content (AvgIpc) is 2.28. The lowest BCUT2D eigenvalue weighted by Gasteiger charge is -2.35. The fourth-order valence-corrected chi connectivity index (χ4v) is 3.62. The molecule has 100 valence electrons. The van der Waals surface area contributed by atoms with Crippen molar-refractivity contribution < 1.29 is 8.42 Å². The quantitative estimate of drug-likeness (QED) is 0.818. The van der Waals surface area contributed by atoms with Crippen molar-refractivity contribution >= 4 is 43.2 Å². The third-order valence-corrected chi connectivity index (χ3v) is 5.06. The van der Waals surface area contributed by atoms with Gasteiger partial charge in [0.15, 0.2) is 0 Å². The van der Waals surface area contributed by atoms with E-state index in [-0.39, 0.29) is 0 Å². The number of piperazine rings is 1. The molecule has 1 aliphatic heterocycles. The van der Waals surface area contributed by atoms with Crippen molar-refractivity contribution in [3.8, 4) is 0 Å². The molecule has 0 saturated carbocycles. The van der Waals surface area contributed by atoms with Gasteiger partial charge in [-0.05, 0) is 18.2 Å². The van der Waals surface area contributed by atoms with Crippen LogP contribution in [0.15, 0.2) is 22.7 Å². The summed E-state index contributed by atoms with van der Waals surface area (Å²) >= 11 is 9.55. The van der Waals surface area contributed by atoms with E-state index in [9.17, 15) is 8.42 Å². The molecule has 1 heterocycles. The van der Waals surface area contributed by atoms with Crippen molar-refractivity contribution in [2.45, 2.75) is 0 Å². The maximum atomic E-state index is 11.4. The van der Waals surface area contributed by atoms with Gasteiger partial charge in [-0.2, -0.15) is 4.31 Å². The summed E-state index contributed by atoms with van der Waals surface area (Å²) in [6.07, 6.45) is 1.25. The molecular formula is C11H14BrClN2O2S. The first-order valence-electron chi connectivity index (χ1n) is 5.53. The first-order chi connectivity index (χ1) is 8.38. The molecule has 1 saturated heterocycles. The van der Waals surface area contributed by atoms with Gasteiger partial charge in [0.25, 0.3) is 0 Å². The minimum atomic E-state index is -3.08. The first kappa shape index (κ1) is 14.1. The maximum absolute atomic E-state index is 11.4. The van der Waals surface area contributed by atoms with Crippen molar-refractivity contribution in [3.63, 3.8) is 0 Å². The molecular weight excluding hydrogens is 340 g/mol. The Morgan fingerprint density at radius 3 is 2.33 bits per heavy atom. The van der Waals surface area contributed by atoms with Gasteiger partial charge in [-0.15, -0.1) is 0 Å². The lowest BCUT2D eigenvalue weighted by atomic mass is 10.2. The van der Waals surface area contributed by atoms with Gasteiger partial charge in [0, 0.05) is 30.7 Å². The highest BCUT2D eigenvalue weighted by Gasteiger charge is 2.24. The Labute approximate surface area is 121 Å². The Hall–Kier alpha value is -0.300. The van der Waals surface area contributed by atoms with Crippen LogP contribution in [0, 0.1) is 0 Å². The second-order valence-corrected chi connectivity index (χ2v) is 7.55. The van der Waals surface area contributed by atoms with Gasteiger partial charge < -0.3 is 4.90 Å². The van der Waals surface area contributed by atoms with E-state index in [0.717, 1.165) is 10.2 Å². The Balaban J connectivity index is 2.10. The van der Waals surface area contributed by atoms with Crippen LogP contribution in [-0.4, -0.2) is 45.2 Å². The summed E-state index contributed by atoms with van der Waals surface area (Å²) in [5.74, 6) is 0. The van der Waals surface area contributed by atoms with E-state index in [4.69, 9.17) is 11.6 Å². The third kappa shape index (κ3) is 3.17. The molecule has 0 amide bonds. The second kappa shape index (κ2) is 5.36. The third-order valence-electron chi connectivity index (χ3n) is 2.96. The van der Waals surface area contributed by atoms with E-state index in [1.807, 2.05) is 18.2 Å². The molecule has 0 aliphatic carbocycles. The largest absolute Gasteiger partial charge is 0.368 e. The van der Waals surface area contributed by atoms with Crippen molar-refractivity contribution in [2.24, 2.45) is 0 Å². The van der Waals surface area contributed by atoms with Crippen LogP contribution in [0.4, 0.5) is 5.69 Å². The minimum absolute atomic E-state index is 0.505. The fourth-order valence-electron chi connectivity index (χ4n) is 2.00. The van der Waals surface area contributed by atoms with Crippen molar-refractivity contribution in [2.75, 3.05) is 37.3 Å². The maximum Gasteiger partial charge on any atom is 0.211 e. The Kier molecular flexibility index (Phi) is 4.21. The SMILES string of the molecule is CS(=O)(=O)N1CCN(c2ccc(Br)cc2Cl)CC1. The van der Waals surface area contributed by atoms with Gasteiger partial charge >= 0.3 is 0 Å². The molecule has 0 bridgehead atoms. The van der Waals surface area contributed by atoms with E-state index >= 15 is 0 Å². The highest BCUT2D eigenvalue weighted by molar-refractivity contribution is 9.10. The fraction of sp³-hybridized carbons (Fsp3) is 0.455. The summed E-state index contributed by atoms with van der Waals surface area (Å²) in [6.45, 7) is 2.33. The molecule has 0 atom stereocenters. The standard InChI is InChI=1S/C11H14BrClN2O2S/c1-18(16,17)15-6-4-14(5-7-15)11-3-2-9(12)8-10(11)13/h2-3,8H,4-7H2,1H3. The number of sulfonamides is 1. The van der Waals surface area contributed by atoms with Crippen LogP contribution < -0.4 is 4.90 Å². The summed E-state index contributed by atoms with van der Waals surface area (Å²) in [6, 6.07) is 5.73. The van der Waals surface area contributed by atoms with Gasteiger partial charge in [-0.3, -0.25) is 0 Å². The lowest BCUT2D eigenvalue weighted by molar-refractivity contribution is 0.388. The molecule has 0 aromatic heterocycles. The second-order valence-electron chi connectivity index (χ2n) is 4.24. The number of nitrogens with zero attached hydrogens (tertiary/aromatic N) is 2. The predicted molar refractivity (Wildman–Crippen MR) is 77.8 cm³/mol. The molecule has 2 rings (SSSR count). The van der Waals surface area contributed by atoms with Gasteiger partial charge in [0.05, 0.1) is 17.0 Å². The molecule has 0 radical (unpaired) electrons. The number of benzene rings is 1. The number of rotatable bonds is 2. The summed E-state index contributed by atoms with van der Waals surface area (Å²) in [5.41, 5.74) is 0.952. The van der Waals surface area contributed by atoms with E-state index in [0.29, 0.717) is 31.2 Å². The van der Waals surface area contributed by atoms with Crippen LogP contribution in [0.5, 0.6) is 0 Å². The Morgan fingerprint density at radius 2 is 1.83 bits per heavy atom. The molecule has 0 spiro atoms. The predicted octanol–water partition coefficient (Wildman–Crippen LogP) is 2.18. The highest BCUT2D eigenvalue weighted by Crippen LogP contribution is 2.29. The van der Waals surface area contributed by atoms with E-state index in [1.165, 1.54) is 10.6 Å². The van der Waals surface area contributed by atoms with E-state index in [1.54, 1.807) is 0 Å². The van der Waals surface area contributed by atoms with Gasteiger partial charge in [0.2, 0.25) is 10.0 Å². The summed E-state index contributed by atoms with van der Waals surface area (Å²) in [7, 11) is -3.08. The monoisotopic (exact) mass is 352 g/mol. The molecule has 1 aromatic rings. The number of anilines is 1. The molecule has 1 fully saturated rings. The molecule has 18 heavy (non-hydrogen) atoms. The van der Waals surface area contributed by atoms with Crippen molar-refractivity contribution in [3.05, 3.63) is 27.7 Å². The van der Waals surface area contributed by atoms with Crippen molar-refractivity contribution in [1.82, 2.24) is 4.31 Å². The molecule has 0 unspecified atom stereocenters. The summed E-state index contributed by atoms with van der Waals surface area (Å²) in [4.78, 5) is 2.11. The molecule has 7 heteroatoms. The Bertz CT molecular complexity index is 542. The van der Waals surface area contributed by atoms with Crippen LogP contribution in [0.2, 0.25) is 5.02 Å². The van der Waals surface area contributed by atoms with Gasteiger partial charge in [-0.25, -0.2) is 8.42 Å². The number of hydrogen-bond acceptors (Lipinski definition) is 3. The van der Waals surface area contributed by atoms with E-state index < -0.39 is 10.0 Å². The molecule has 1 aliphatic rings. The normalized spacial score (nSPS) is 18.1. The number of hydrogen-bond donors (Lipinski definition) is 0. The van der Waals surface area contributed by atoms with Crippen LogP contribution in [0.25, 0.3) is 0 Å². The Morgan fingerprint density at radius 1 is 1.22 bits per heavy atom. The molecule has 4 nitrogen and oxygen atoms in total. The molecule has 1 aromatic carbocycles. The first-order valence-corrected chi connectivity index (χ1v) is 8.55. The average molecular weight is 354 g/mol. The smallest absolute Gasteiger partial charge is 0.211 e. The summed E-state index contributed by atoms with van der Waals surface area (Å²) < 4.78 is 25.3. The van der Waals surface area contributed by atoms with Crippen LogP contribution in [-0.2, 0) is 10.0 Å². The minimum Gasteiger partial charge on any atom is -0.368 e. The van der Waals surface area contributed by atoms with Gasteiger partial charge in [0.1, 0.15) is 0 Å².